The molecule has 7 heteroatoms. The van der Waals surface area contributed by atoms with Gasteiger partial charge >= 0.3 is 0 Å². The Bertz CT molecular complexity index is 869. The molecule has 29 heavy (non-hydrogen) atoms. The van der Waals surface area contributed by atoms with Crippen molar-refractivity contribution in [3.63, 3.8) is 0 Å². The summed E-state index contributed by atoms with van der Waals surface area (Å²) in [5.74, 6) is 3.83. The number of nitrogens with one attached hydrogen (secondary N) is 2. The number of fused-ring (bicyclic) bond motifs is 2. The Labute approximate surface area is 171 Å². The molecule has 2 heterocycles. The molecule has 4 rings (SSSR count). The van der Waals surface area contributed by atoms with Gasteiger partial charge in [-0.2, -0.15) is 0 Å². The Morgan fingerprint density at radius 1 is 0.828 bits per heavy atom. The lowest BCUT2D eigenvalue weighted by Gasteiger charge is -2.14. The van der Waals surface area contributed by atoms with E-state index in [-0.39, 0.29) is 0 Å². The maximum Gasteiger partial charge on any atom is 0.196 e. The highest BCUT2D eigenvalue weighted by molar-refractivity contribution is 5.93. The molecule has 0 saturated heterocycles. The minimum atomic E-state index is 0.524. The van der Waals surface area contributed by atoms with E-state index in [9.17, 15) is 0 Å². The van der Waals surface area contributed by atoms with E-state index in [2.05, 4.69) is 10.6 Å². The first-order chi connectivity index (χ1) is 14.3. The fourth-order valence-electron chi connectivity index (χ4n) is 3.16. The van der Waals surface area contributed by atoms with Gasteiger partial charge in [-0.25, -0.2) is 4.99 Å². The number of nitrogens with zero attached hydrogens (tertiary/aromatic N) is 1. The predicted octanol–water partition coefficient (Wildman–Crippen LogP) is 3.59. The predicted molar refractivity (Wildman–Crippen MR) is 113 cm³/mol. The highest BCUT2D eigenvalue weighted by Gasteiger charge is 2.12. The van der Waals surface area contributed by atoms with Crippen LogP contribution < -0.4 is 29.6 Å². The lowest BCUT2D eigenvalue weighted by Crippen LogP contribution is -2.30. The molecule has 0 aromatic heterocycles. The molecule has 0 bridgehead atoms. The minimum Gasteiger partial charge on any atom is -0.490 e. The zero-order valence-electron chi connectivity index (χ0n) is 16.7. The summed E-state index contributed by atoms with van der Waals surface area (Å²) in [7, 11) is 0. The molecule has 0 atom stereocenters. The average Bonchev–Trinajstić information content (AvgIpc) is 3.12. The number of rotatable bonds is 4. The highest BCUT2D eigenvalue weighted by atomic mass is 16.5. The fourth-order valence-corrected chi connectivity index (χ4v) is 3.16. The van der Waals surface area contributed by atoms with Crippen LogP contribution in [0.4, 0.5) is 5.69 Å². The molecule has 2 aromatic carbocycles. The smallest absolute Gasteiger partial charge is 0.196 e. The van der Waals surface area contributed by atoms with Crippen LogP contribution in [-0.2, 0) is 6.54 Å². The second kappa shape index (κ2) is 9.41. The van der Waals surface area contributed by atoms with Gasteiger partial charge in [-0.15, -0.1) is 0 Å². The van der Waals surface area contributed by atoms with Crippen molar-refractivity contribution in [1.29, 1.82) is 0 Å². The molecule has 0 saturated carbocycles. The van der Waals surface area contributed by atoms with Gasteiger partial charge in [0.05, 0.1) is 33.0 Å². The van der Waals surface area contributed by atoms with Gasteiger partial charge < -0.3 is 29.6 Å². The van der Waals surface area contributed by atoms with Gasteiger partial charge in [0, 0.05) is 31.1 Å². The van der Waals surface area contributed by atoms with E-state index >= 15 is 0 Å². The van der Waals surface area contributed by atoms with Crippen LogP contribution in [0.15, 0.2) is 41.4 Å². The SMILES string of the molecule is CCNC(=NCc1ccc2c(c1)OCCCO2)Nc1ccc2c(c1)OCCCO2. The largest absolute Gasteiger partial charge is 0.490 e. The van der Waals surface area contributed by atoms with E-state index in [0.29, 0.717) is 38.9 Å². The molecule has 2 aliphatic heterocycles. The first-order valence-electron chi connectivity index (χ1n) is 10.2. The Balaban J connectivity index is 1.47. The van der Waals surface area contributed by atoms with Gasteiger partial charge in [-0.3, -0.25) is 0 Å². The van der Waals surface area contributed by atoms with Gasteiger partial charge in [-0.1, -0.05) is 6.07 Å². The lowest BCUT2D eigenvalue weighted by molar-refractivity contribution is 0.296. The lowest BCUT2D eigenvalue weighted by atomic mass is 10.2. The molecule has 0 unspecified atom stereocenters. The van der Waals surface area contributed by atoms with Crippen molar-refractivity contribution < 1.29 is 18.9 Å². The van der Waals surface area contributed by atoms with Gasteiger partial charge in [0.15, 0.2) is 29.0 Å². The summed E-state index contributed by atoms with van der Waals surface area (Å²) >= 11 is 0. The number of hydrogen-bond donors (Lipinski definition) is 2. The van der Waals surface area contributed by atoms with E-state index in [4.69, 9.17) is 23.9 Å². The standard InChI is InChI=1S/C22H27N3O4/c1-2-23-22(25-17-6-8-19-21(14-17)29-12-4-10-27-19)24-15-16-5-7-18-20(13-16)28-11-3-9-26-18/h5-8,13-14H,2-4,9-12,15H2,1H3,(H2,23,24,25). The van der Waals surface area contributed by atoms with Gasteiger partial charge in [-0.05, 0) is 36.8 Å². The van der Waals surface area contributed by atoms with Crippen LogP contribution in [0.1, 0.15) is 25.3 Å². The molecule has 2 N–H and O–H groups in total. The second-order valence-corrected chi connectivity index (χ2v) is 6.86. The number of hydrogen-bond acceptors (Lipinski definition) is 5. The van der Waals surface area contributed by atoms with E-state index in [0.717, 1.165) is 53.6 Å². The Hall–Kier alpha value is -3.09. The van der Waals surface area contributed by atoms with Crippen molar-refractivity contribution in [2.24, 2.45) is 4.99 Å². The molecule has 2 aliphatic rings. The van der Waals surface area contributed by atoms with E-state index in [1.807, 2.05) is 43.3 Å². The number of ether oxygens (including phenoxy) is 4. The van der Waals surface area contributed by atoms with E-state index in [1.54, 1.807) is 0 Å². The van der Waals surface area contributed by atoms with E-state index in [1.165, 1.54) is 0 Å². The first-order valence-corrected chi connectivity index (χ1v) is 10.2. The van der Waals surface area contributed by atoms with Crippen LogP contribution in [0.5, 0.6) is 23.0 Å². The van der Waals surface area contributed by atoms with Crippen LogP contribution in [0.3, 0.4) is 0 Å². The molecule has 0 amide bonds. The molecule has 0 aliphatic carbocycles. The van der Waals surface area contributed by atoms with Crippen LogP contribution in [0.25, 0.3) is 0 Å². The first kappa shape index (κ1) is 19.2. The molecule has 7 nitrogen and oxygen atoms in total. The molecule has 2 aromatic rings. The van der Waals surface area contributed by atoms with Crippen molar-refractivity contribution in [3.05, 3.63) is 42.0 Å². The summed E-state index contributed by atoms with van der Waals surface area (Å²) < 4.78 is 22.9. The summed E-state index contributed by atoms with van der Waals surface area (Å²) in [5, 5.41) is 6.62. The third-order valence-corrected chi connectivity index (χ3v) is 4.59. The second-order valence-electron chi connectivity index (χ2n) is 6.86. The summed E-state index contributed by atoms with van der Waals surface area (Å²) in [5.41, 5.74) is 1.96. The zero-order chi connectivity index (χ0) is 19.9. The molecular weight excluding hydrogens is 370 g/mol. The number of anilines is 1. The Morgan fingerprint density at radius 2 is 1.45 bits per heavy atom. The van der Waals surface area contributed by atoms with E-state index < -0.39 is 0 Å². The molecule has 0 radical (unpaired) electrons. The van der Waals surface area contributed by atoms with Crippen molar-refractivity contribution >= 4 is 11.6 Å². The maximum atomic E-state index is 5.77. The van der Waals surface area contributed by atoms with Gasteiger partial charge in [0.2, 0.25) is 0 Å². The summed E-state index contributed by atoms with van der Waals surface area (Å²) in [6.45, 7) is 6.03. The normalized spacial score (nSPS) is 15.8. The fraction of sp³-hybridized carbons (Fsp3) is 0.409. The summed E-state index contributed by atoms with van der Waals surface area (Å²) in [6, 6.07) is 11.8. The van der Waals surface area contributed by atoms with Crippen molar-refractivity contribution in [3.8, 4) is 23.0 Å². The Kier molecular flexibility index (Phi) is 6.24. The quantitative estimate of drug-likeness (QED) is 0.607. The zero-order valence-corrected chi connectivity index (χ0v) is 16.7. The molecular formula is C22H27N3O4. The molecule has 0 fully saturated rings. The van der Waals surface area contributed by atoms with Gasteiger partial charge in [0.25, 0.3) is 0 Å². The van der Waals surface area contributed by atoms with Gasteiger partial charge in [0.1, 0.15) is 0 Å². The van der Waals surface area contributed by atoms with Crippen molar-refractivity contribution in [1.82, 2.24) is 5.32 Å². The van der Waals surface area contributed by atoms with Crippen molar-refractivity contribution in [2.45, 2.75) is 26.3 Å². The van der Waals surface area contributed by atoms with Crippen LogP contribution in [-0.4, -0.2) is 38.9 Å². The third-order valence-electron chi connectivity index (χ3n) is 4.59. The number of guanidine groups is 1. The maximum absolute atomic E-state index is 5.77. The van der Waals surface area contributed by atoms with Crippen LogP contribution in [0.2, 0.25) is 0 Å². The molecule has 154 valence electrons. The van der Waals surface area contributed by atoms with Crippen molar-refractivity contribution in [2.75, 3.05) is 38.3 Å². The topological polar surface area (TPSA) is 73.3 Å². The number of benzene rings is 2. The Morgan fingerprint density at radius 3 is 2.14 bits per heavy atom. The molecule has 0 spiro atoms. The van der Waals surface area contributed by atoms with Crippen LogP contribution in [0, 0.1) is 0 Å². The summed E-state index contributed by atoms with van der Waals surface area (Å²) in [6.07, 6.45) is 1.78. The highest BCUT2D eigenvalue weighted by Crippen LogP contribution is 2.32. The number of aliphatic imine (C=N–C) groups is 1. The summed E-state index contributed by atoms with van der Waals surface area (Å²) in [4.78, 5) is 4.71. The monoisotopic (exact) mass is 397 g/mol. The van der Waals surface area contributed by atoms with Crippen LogP contribution >= 0.6 is 0 Å². The minimum absolute atomic E-state index is 0.524. The average molecular weight is 397 g/mol. The third kappa shape index (κ3) is 5.04.